The Morgan fingerprint density at radius 2 is 0.482 bits per heavy atom. The molecule has 4 nitrogen and oxygen atoms in total. The van der Waals surface area contributed by atoms with Crippen molar-refractivity contribution in [3.63, 3.8) is 0 Å². The van der Waals surface area contributed by atoms with Gasteiger partial charge in [-0.1, -0.05) is 293 Å². The lowest BCUT2D eigenvalue weighted by molar-refractivity contribution is 0.332. The molecule has 12 aromatic carbocycles. The van der Waals surface area contributed by atoms with Crippen LogP contribution in [-0.4, -0.2) is 22.7 Å². The highest BCUT2D eigenvalue weighted by Gasteiger charge is 2.49. The van der Waals surface area contributed by atoms with E-state index >= 15 is 0 Å². The normalized spacial score (nSPS) is 19.1. The number of nitrogens with zero attached hydrogens (tertiary/aromatic N) is 4. The van der Waals surface area contributed by atoms with Crippen molar-refractivity contribution in [3.05, 3.63) is 275 Å². The highest BCUT2D eigenvalue weighted by molar-refractivity contribution is 6.92. The molecule has 14 aromatic rings. The first-order valence-electron chi connectivity index (χ1n) is 42.0. The van der Waals surface area contributed by atoms with Crippen LogP contribution in [0, 0.1) is 0 Å². The second-order valence-electron chi connectivity index (χ2n) is 40.5. The molecule has 0 unspecified atom stereocenters. The Morgan fingerprint density at radius 3 is 0.804 bits per heavy atom. The van der Waals surface area contributed by atoms with Crippen molar-refractivity contribution >= 4 is 103 Å². The fraction of sp³-hybridized carbons (Fsp3) is 0.302. The van der Waals surface area contributed by atoms with Gasteiger partial charge >= 0.3 is 13.7 Å². The molecule has 0 fully saturated rings. The molecule has 22 rings (SSSR count). The van der Waals surface area contributed by atoms with Crippen LogP contribution in [0.3, 0.4) is 0 Å². The van der Waals surface area contributed by atoms with Gasteiger partial charge in [-0.3, -0.25) is 0 Å². The van der Waals surface area contributed by atoms with Crippen LogP contribution in [0.1, 0.15) is 207 Å². The second-order valence-corrected chi connectivity index (χ2v) is 40.5. The summed E-state index contributed by atoms with van der Waals surface area (Å²) in [7, 11) is 0. The van der Waals surface area contributed by atoms with Crippen molar-refractivity contribution in [3.8, 4) is 66.8 Å². The number of para-hydroxylation sites is 2. The molecule has 0 amide bonds. The fourth-order valence-electron chi connectivity index (χ4n) is 23.1. The zero-order valence-corrected chi connectivity index (χ0v) is 68.5. The fourth-order valence-corrected chi connectivity index (χ4v) is 23.1. The maximum absolute atomic E-state index is 2.86. The summed E-state index contributed by atoms with van der Waals surface area (Å²) >= 11 is 0. The number of aromatic nitrogens is 2. The van der Waals surface area contributed by atoms with Crippen molar-refractivity contribution < 1.29 is 0 Å². The highest BCUT2D eigenvalue weighted by Crippen LogP contribution is 2.56. The number of benzene rings is 12. The van der Waals surface area contributed by atoms with Crippen LogP contribution in [0.2, 0.25) is 0 Å². The van der Waals surface area contributed by atoms with E-state index in [0.717, 1.165) is 11.4 Å². The van der Waals surface area contributed by atoms with Gasteiger partial charge in [-0.15, -0.1) is 0 Å². The quantitative estimate of drug-likeness (QED) is 0.154. The zero-order chi connectivity index (χ0) is 76.8. The van der Waals surface area contributed by atoms with E-state index in [1.807, 2.05) is 0 Å². The summed E-state index contributed by atoms with van der Waals surface area (Å²) < 4.78 is 5.72. The summed E-state index contributed by atoms with van der Waals surface area (Å²) in [4.78, 5) is 5.23. The predicted octanol–water partition coefficient (Wildman–Crippen LogP) is 25.6. The van der Waals surface area contributed by atoms with Crippen LogP contribution >= 0.6 is 0 Å². The molecule has 112 heavy (non-hydrogen) atoms. The van der Waals surface area contributed by atoms with Gasteiger partial charge in [0.2, 0.25) is 0 Å². The Labute approximate surface area is 664 Å². The van der Waals surface area contributed by atoms with Gasteiger partial charge in [0.05, 0.1) is 11.0 Å². The molecule has 0 spiro atoms. The van der Waals surface area contributed by atoms with Crippen LogP contribution < -0.4 is 31.7 Å². The van der Waals surface area contributed by atoms with Crippen LogP contribution in [0.4, 0.5) is 34.1 Å². The van der Waals surface area contributed by atoms with Crippen molar-refractivity contribution in [2.45, 2.75) is 205 Å². The Hall–Kier alpha value is -10.3. The maximum Gasteiger partial charge on any atom is 0.333 e. The van der Waals surface area contributed by atoms with E-state index < -0.39 is 0 Å². The standard InChI is InChI=1S/C106H102B2N4/c1-99(2)49-53-103(9,10)83-57-65(33-43-79(83)99)63-29-39-71(40-30-63)109-89-47-37-69(67-35-45-81-85(59-67)105(13,14)55-51-101(81,5)6)61-87(89)107-93-73(21-19-27-91(93)109)75-23-17-25-77-95(75)111(107)97-78-26-18-24-76-74-22-20-28-92-94(74)108(112(96(76)78)98(77)97)88-62-70(68-36-46-82-86(60-68)106(15,16)56-52-102(82,7)8)38-48-90(88)110(92)72-41-31-64(32-42-72)66-34-44-80-84(58-66)104(11,12)54-50-100(80,3)4/h17-48,57-62H,49-56H2,1-16H3. The number of hydrogen-bond acceptors (Lipinski definition) is 2. The van der Waals surface area contributed by atoms with Gasteiger partial charge < -0.3 is 18.8 Å². The molecule has 0 N–H and O–H groups in total. The molecule has 0 bridgehead atoms. The van der Waals surface area contributed by atoms with Crippen LogP contribution in [0.15, 0.2) is 231 Å². The molecule has 6 heterocycles. The number of fused-ring (bicyclic) bond motifs is 17. The molecule has 4 aliphatic carbocycles. The van der Waals surface area contributed by atoms with Crippen LogP contribution in [0.5, 0.6) is 0 Å². The van der Waals surface area contributed by atoms with Gasteiger partial charge in [0.1, 0.15) is 0 Å². The number of hydrogen-bond donors (Lipinski definition) is 0. The molecule has 552 valence electrons. The SMILES string of the molecule is CC1(C)CCC(C)(C)c2cc(-c3ccc(N4c5ccc(-c6ccc7c(c6)C(C)(C)CCC7(C)C)cc5B5c6c(cccc64)-c4cccc6c4n5c4c5cccc7c5n(c64)B4c5cc(-c6ccc8c(c6)C(C)(C)CCC8(C)C)ccc5N(c5ccc(-c6ccc8c(c6)C(C)(C)CCC8(C)C)cc5)c5cccc-7c54)cc3)ccc21. The third-order valence-corrected chi connectivity index (χ3v) is 30.2. The van der Waals surface area contributed by atoms with E-state index in [2.05, 4.69) is 360 Å². The molecular formula is C106H102B2N4. The molecule has 8 aliphatic rings. The molecular weight excluding hydrogens is 1350 g/mol. The van der Waals surface area contributed by atoms with E-state index in [9.17, 15) is 0 Å². The lowest BCUT2D eigenvalue weighted by atomic mass is 9.45. The summed E-state index contributed by atoms with van der Waals surface area (Å²) in [6.07, 6.45) is 9.48. The minimum absolute atomic E-state index is 0.0582. The molecule has 6 heteroatoms. The van der Waals surface area contributed by atoms with Gasteiger partial charge in [-0.05, 0) is 265 Å². The third-order valence-electron chi connectivity index (χ3n) is 30.2. The minimum Gasteiger partial charge on any atom is -0.374 e. The van der Waals surface area contributed by atoms with Crippen molar-refractivity contribution in [1.29, 1.82) is 0 Å². The van der Waals surface area contributed by atoms with Crippen LogP contribution in [0.25, 0.3) is 99.6 Å². The highest BCUT2D eigenvalue weighted by atomic mass is 15.2. The van der Waals surface area contributed by atoms with Gasteiger partial charge in [0, 0.05) is 67.1 Å². The van der Waals surface area contributed by atoms with Gasteiger partial charge in [-0.25, -0.2) is 0 Å². The number of anilines is 6. The smallest absolute Gasteiger partial charge is 0.333 e. The van der Waals surface area contributed by atoms with Gasteiger partial charge in [0.15, 0.2) is 0 Å². The topological polar surface area (TPSA) is 16.3 Å². The summed E-state index contributed by atoms with van der Waals surface area (Å²) in [5.74, 6) is 0. The van der Waals surface area contributed by atoms with E-state index in [0.29, 0.717) is 0 Å². The predicted molar refractivity (Wildman–Crippen MR) is 479 cm³/mol. The van der Waals surface area contributed by atoms with Crippen molar-refractivity contribution in [1.82, 2.24) is 8.96 Å². The first-order chi connectivity index (χ1) is 53.5. The largest absolute Gasteiger partial charge is 0.374 e. The van der Waals surface area contributed by atoms with Crippen molar-refractivity contribution in [2.24, 2.45) is 0 Å². The van der Waals surface area contributed by atoms with Crippen molar-refractivity contribution in [2.75, 3.05) is 9.80 Å². The monoisotopic (exact) mass is 1450 g/mol. The molecule has 0 saturated carbocycles. The molecule has 0 atom stereocenters. The maximum atomic E-state index is 2.86. The summed E-state index contributed by atoms with van der Waals surface area (Å²) in [5, 5.41) is 2.58. The van der Waals surface area contributed by atoms with E-state index in [1.165, 1.54) is 240 Å². The minimum atomic E-state index is -0.175. The Morgan fingerprint density at radius 1 is 0.223 bits per heavy atom. The first-order valence-corrected chi connectivity index (χ1v) is 42.0. The van der Waals surface area contributed by atoms with Crippen LogP contribution in [-0.2, 0) is 43.3 Å². The average Bonchev–Trinajstić information content (AvgIpc) is 1.47. The Bertz CT molecular complexity index is 6080. The lowest BCUT2D eigenvalue weighted by Crippen LogP contribution is -2.56. The summed E-state index contributed by atoms with van der Waals surface area (Å²) in [5.41, 5.74) is 45.9. The molecule has 0 saturated heterocycles. The summed E-state index contributed by atoms with van der Waals surface area (Å²) in [6.45, 7) is 38.9. The molecule has 2 aromatic heterocycles. The van der Waals surface area contributed by atoms with Gasteiger partial charge in [-0.2, -0.15) is 0 Å². The molecule has 4 aliphatic heterocycles. The first kappa shape index (κ1) is 68.5. The Balaban J connectivity index is 0.763. The second kappa shape index (κ2) is 22.8. The van der Waals surface area contributed by atoms with Gasteiger partial charge in [0.25, 0.3) is 0 Å². The van der Waals surface area contributed by atoms with E-state index in [-0.39, 0.29) is 57.0 Å². The van der Waals surface area contributed by atoms with E-state index in [4.69, 9.17) is 0 Å². The summed E-state index contributed by atoms with van der Waals surface area (Å²) in [6, 6.07) is 92.9. The lowest BCUT2D eigenvalue weighted by Gasteiger charge is -2.42. The Kier molecular flexibility index (Phi) is 13.9. The zero-order valence-electron chi connectivity index (χ0n) is 68.5. The average molecular weight is 1450 g/mol. The third kappa shape index (κ3) is 9.50. The molecule has 0 radical (unpaired) electrons. The number of rotatable bonds is 6. The van der Waals surface area contributed by atoms with E-state index in [1.54, 1.807) is 0 Å².